The molecule has 0 saturated heterocycles. The topological polar surface area (TPSA) is 51.2 Å². The summed E-state index contributed by atoms with van der Waals surface area (Å²) in [6.07, 6.45) is 0.551. The Morgan fingerprint density at radius 1 is 1.29 bits per heavy atom. The molecule has 2 rings (SSSR count). The maximum atomic E-state index is 11.6. The Bertz CT molecular complexity index is 543. The molecule has 0 aromatic heterocycles. The van der Waals surface area contributed by atoms with Crippen molar-refractivity contribution in [2.45, 2.75) is 4.90 Å². The van der Waals surface area contributed by atoms with Gasteiger partial charge in [-0.2, -0.15) is 0 Å². The molecule has 0 fully saturated rings. The van der Waals surface area contributed by atoms with Gasteiger partial charge < -0.3 is 0 Å². The third-order valence-electron chi connectivity index (χ3n) is 1.97. The van der Waals surface area contributed by atoms with E-state index >= 15 is 0 Å². The number of sulfone groups is 1. The van der Waals surface area contributed by atoms with Crippen LogP contribution in [0, 0.1) is 0 Å². The van der Waals surface area contributed by atoms with Crippen molar-refractivity contribution in [3.05, 3.63) is 33.6 Å². The number of carbonyl (C=O) groups is 1. The molecule has 0 amide bonds. The van der Waals surface area contributed by atoms with E-state index in [1.807, 2.05) is 0 Å². The first kappa shape index (κ1) is 9.61. The fraction of sp³-hybridized carbons (Fsp3) is 0. The van der Waals surface area contributed by atoms with E-state index in [-0.39, 0.29) is 10.5 Å². The molecule has 1 aliphatic heterocycles. The predicted molar refractivity (Wildman–Crippen MR) is 55.4 cm³/mol. The zero-order valence-electron chi connectivity index (χ0n) is 6.90. The summed E-state index contributed by atoms with van der Waals surface area (Å²) in [5, 5.41) is 0.995. The van der Waals surface area contributed by atoms with Gasteiger partial charge in [0, 0.05) is 21.0 Å². The molecule has 0 radical (unpaired) electrons. The highest BCUT2D eigenvalue weighted by Crippen LogP contribution is 2.36. The lowest BCUT2D eigenvalue weighted by Crippen LogP contribution is -1.94. The molecule has 1 aliphatic rings. The van der Waals surface area contributed by atoms with E-state index in [0.717, 1.165) is 5.41 Å². The van der Waals surface area contributed by atoms with Gasteiger partial charge >= 0.3 is 0 Å². The second-order valence-corrected chi connectivity index (χ2v) is 5.44. The molecule has 0 spiro atoms. The number of rotatable bonds is 1. The first-order valence-electron chi connectivity index (χ1n) is 3.77. The van der Waals surface area contributed by atoms with Crippen molar-refractivity contribution < 1.29 is 13.2 Å². The molecule has 1 aromatic rings. The SMILES string of the molecule is O=CC1=CS(=O)(=O)c2c(Br)cccc21. The molecule has 0 saturated carbocycles. The number of hydrogen-bond acceptors (Lipinski definition) is 3. The van der Waals surface area contributed by atoms with Crippen LogP contribution in [0.2, 0.25) is 0 Å². The second kappa shape index (κ2) is 3.03. The van der Waals surface area contributed by atoms with Gasteiger partial charge in [-0.3, -0.25) is 4.79 Å². The molecule has 0 N–H and O–H groups in total. The summed E-state index contributed by atoms with van der Waals surface area (Å²) in [7, 11) is -3.44. The van der Waals surface area contributed by atoms with Crippen molar-refractivity contribution in [3.8, 4) is 0 Å². The van der Waals surface area contributed by atoms with Crippen LogP contribution in [-0.2, 0) is 14.6 Å². The van der Waals surface area contributed by atoms with Gasteiger partial charge in [0.05, 0.1) is 4.90 Å². The Labute approximate surface area is 89.5 Å². The molecule has 0 atom stereocenters. The minimum Gasteiger partial charge on any atom is -0.298 e. The number of hydrogen-bond donors (Lipinski definition) is 0. The van der Waals surface area contributed by atoms with Crippen molar-refractivity contribution in [2.24, 2.45) is 0 Å². The summed E-state index contributed by atoms with van der Waals surface area (Å²) in [6, 6.07) is 4.95. The monoisotopic (exact) mass is 272 g/mol. The Hall–Kier alpha value is -0.940. The number of aldehydes is 1. The summed E-state index contributed by atoms with van der Waals surface area (Å²) in [5.41, 5.74) is 0.677. The summed E-state index contributed by atoms with van der Waals surface area (Å²) < 4.78 is 23.6. The lowest BCUT2D eigenvalue weighted by Gasteiger charge is -2.01. The third-order valence-corrected chi connectivity index (χ3v) is 4.47. The Kier molecular flexibility index (Phi) is 2.08. The van der Waals surface area contributed by atoms with Crippen LogP contribution in [0.25, 0.3) is 5.57 Å². The lowest BCUT2D eigenvalue weighted by molar-refractivity contribution is -0.103. The Morgan fingerprint density at radius 2 is 2.00 bits per heavy atom. The molecular weight excluding hydrogens is 268 g/mol. The van der Waals surface area contributed by atoms with Crippen molar-refractivity contribution >= 4 is 37.6 Å². The molecule has 0 bridgehead atoms. The van der Waals surface area contributed by atoms with Crippen molar-refractivity contribution in [1.82, 2.24) is 0 Å². The molecule has 72 valence electrons. The predicted octanol–water partition coefficient (Wildman–Crippen LogP) is 1.78. The van der Waals surface area contributed by atoms with Crippen LogP contribution >= 0.6 is 15.9 Å². The maximum Gasteiger partial charge on any atom is 0.202 e. The first-order chi connectivity index (χ1) is 6.56. The van der Waals surface area contributed by atoms with Gasteiger partial charge in [0.2, 0.25) is 9.84 Å². The van der Waals surface area contributed by atoms with Crippen molar-refractivity contribution in [2.75, 3.05) is 0 Å². The van der Waals surface area contributed by atoms with Gasteiger partial charge in [-0.25, -0.2) is 8.42 Å². The van der Waals surface area contributed by atoms with Gasteiger partial charge in [0.15, 0.2) is 6.29 Å². The molecule has 14 heavy (non-hydrogen) atoms. The average Bonchev–Trinajstić information content (AvgIpc) is 2.39. The van der Waals surface area contributed by atoms with Crippen molar-refractivity contribution in [3.63, 3.8) is 0 Å². The highest BCUT2D eigenvalue weighted by molar-refractivity contribution is 9.10. The first-order valence-corrected chi connectivity index (χ1v) is 6.11. The number of fused-ring (bicyclic) bond motifs is 1. The van der Waals surface area contributed by atoms with E-state index in [9.17, 15) is 13.2 Å². The molecule has 0 unspecified atom stereocenters. The quantitative estimate of drug-likeness (QED) is 0.733. The summed E-state index contributed by atoms with van der Waals surface area (Å²) >= 11 is 3.15. The normalized spacial score (nSPS) is 17.4. The minimum atomic E-state index is -3.44. The number of halogens is 1. The van der Waals surface area contributed by atoms with E-state index in [1.54, 1.807) is 18.2 Å². The summed E-state index contributed by atoms with van der Waals surface area (Å²) in [4.78, 5) is 10.8. The van der Waals surface area contributed by atoms with Crippen LogP contribution < -0.4 is 0 Å². The molecule has 1 heterocycles. The fourth-order valence-corrected chi connectivity index (χ4v) is 3.92. The van der Waals surface area contributed by atoms with Crippen LogP contribution in [0.1, 0.15) is 5.56 Å². The van der Waals surface area contributed by atoms with E-state index in [4.69, 9.17) is 0 Å². The zero-order valence-corrected chi connectivity index (χ0v) is 9.30. The Balaban J connectivity index is 2.88. The highest BCUT2D eigenvalue weighted by Gasteiger charge is 2.28. The second-order valence-electron chi connectivity index (χ2n) is 2.85. The fourth-order valence-electron chi connectivity index (χ4n) is 1.41. The average molecular weight is 273 g/mol. The largest absolute Gasteiger partial charge is 0.298 e. The smallest absolute Gasteiger partial charge is 0.202 e. The van der Waals surface area contributed by atoms with Gasteiger partial charge in [0.1, 0.15) is 0 Å². The van der Waals surface area contributed by atoms with Crippen LogP contribution in [0.5, 0.6) is 0 Å². The zero-order chi connectivity index (χ0) is 10.3. The number of carbonyl (C=O) groups excluding carboxylic acids is 1. The minimum absolute atomic E-state index is 0.183. The maximum absolute atomic E-state index is 11.6. The number of allylic oxidation sites excluding steroid dienone is 1. The third kappa shape index (κ3) is 1.24. The van der Waals surface area contributed by atoms with Gasteiger partial charge in [-0.1, -0.05) is 12.1 Å². The standard InChI is InChI=1S/C9H5BrO3S/c10-8-3-1-2-7-6(4-11)5-14(12,13)9(7)8/h1-5H. The van der Waals surface area contributed by atoms with E-state index in [1.165, 1.54) is 0 Å². The van der Waals surface area contributed by atoms with Gasteiger partial charge in [-0.15, -0.1) is 0 Å². The highest BCUT2D eigenvalue weighted by atomic mass is 79.9. The summed E-state index contributed by atoms with van der Waals surface area (Å²) in [5.74, 6) is 0. The van der Waals surface area contributed by atoms with Gasteiger partial charge in [-0.05, 0) is 22.0 Å². The van der Waals surface area contributed by atoms with Crippen molar-refractivity contribution in [1.29, 1.82) is 0 Å². The molecule has 5 heteroatoms. The molecular formula is C9H5BrO3S. The molecule has 0 aliphatic carbocycles. The molecule has 3 nitrogen and oxygen atoms in total. The number of benzene rings is 1. The van der Waals surface area contributed by atoms with Crippen LogP contribution in [0.4, 0.5) is 0 Å². The molecule has 1 aromatic carbocycles. The summed E-state index contributed by atoms with van der Waals surface area (Å²) in [6.45, 7) is 0. The Morgan fingerprint density at radius 3 is 2.64 bits per heavy atom. The van der Waals surface area contributed by atoms with E-state index < -0.39 is 9.84 Å². The van der Waals surface area contributed by atoms with E-state index in [0.29, 0.717) is 16.3 Å². The van der Waals surface area contributed by atoms with E-state index in [2.05, 4.69) is 15.9 Å². The van der Waals surface area contributed by atoms with Gasteiger partial charge in [0.25, 0.3) is 0 Å². The van der Waals surface area contributed by atoms with Crippen LogP contribution in [0.3, 0.4) is 0 Å². The van der Waals surface area contributed by atoms with Crippen LogP contribution in [-0.4, -0.2) is 14.7 Å². The lowest BCUT2D eigenvalue weighted by atomic mass is 10.1. The van der Waals surface area contributed by atoms with Crippen LogP contribution in [0.15, 0.2) is 33.0 Å².